The number of halogens is 2. The van der Waals surface area contributed by atoms with Gasteiger partial charge in [-0.25, -0.2) is 8.42 Å². The highest BCUT2D eigenvalue weighted by molar-refractivity contribution is 9.10. The van der Waals surface area contributed by atoms with E-state index in [0.29, 0.717) is 28.3 Å². The molecule has 2 rings (SSSR count). The Morgan fingerprint density at radius 1 is 1.45 bits per heavy atom. The van der Waals surface area contributed by atoms with Gasteiger partial charge in [-0.3, -0.25) is 9.40 Å². The number of benzene rings is 1. The lowest BCUT2D eigenvalue weighted by atomic mass is 10.3. The summed E-state index contributed by atoms with van der Waals surface area (Å²) < 4.78 is 28.9. The number of anilines is 1. The van der Waals surface area contributed by atoms with Crippen molar-refractivity contribution in [3.8, 4) is 0 Å². The Labute approximate surface area is 130 Å². The fraction of sp³-hybridized carbons (Fsp3) is 0.182. The number of hydrogen-bond donors (Lipinski definition) is 2. The molecule has 0 radical (unpaired) electrons. The lowest BCUT2D eigenvalue weighted by Crippen LogP contribution is -2.13. The molecule has 1 heterocycles. The zero-order valence-corrected chi connectivity index (χ0v) is 13.4. The molecule has 0 aliphatic carbocycles. The van der Waals surface area contributed by atoms with Gasteiger partial charge in [0.15, 0.2) is 0 Å². The molecule has 0 fully saturated rings. The molecule has 0 aliphatic rings. The Kier molecular flexibility index (Phi) is 4.69. The molecule has 0 aliphatic heterocycles. The molecule has 0 unspecified atom stereocenters. The molecule has 0 bridgehead atoms. The van der Waals surface area contributed by atoms with Crippen LogP contribution in [0.4, 0.5) is 5.69 Å². The summed E-state index contributed by atoms with van der Waals surface area (Å²) in [5.74, 6) is 0. The second kappa shape index (κ2) is 6.13. The first kappa shape index (κ1) is 15.3. The monoisotopic (exact) mass is 378 g/mol. The van der Waals surface area contributed by atoms with Crippen LogP contribution in [0.1, 0.15) is 0 Å². The van der Waals surface area contributed by atoms with Gasteiger partial charge < -0.3 is 5.73 Å². The van der Waals surface area contributed by atoms with Crippen LogP contribution in [-0.2, 0) is 16.6 Å². The lowest BCUT2D eigenvalue weighted by molar-refractivity contribution is 0.599. The maximum Gasteiger partial charge on any atom is 0.265 e. The molecule has 6 nitrogen and oxygen atoms in total. The number of nitrogens with zero attached hydrogens (tertiary/aromatic N) is 2. The molecule has 3 N–H and O–H groups in total. The number of nitrogens with two attached hydrogens (primary N) is 1. The van der Waals surface area contributed by atoms with Gasteiger partial charge >= 0.3 is 0 Å². The largest absolute Gasteiger partial charge is 0.329 e. The minimum atomic E-state index is -3.69. The molecular weight excluding hydrogens is 368 g/mol. The fourth-order valence-electron chi connectivity index (χ4n) is 1.51. The summed E-state index contributed by atoms with van der Waals surface area (Å²) in [6.07, 6.45) is 2.70. The number of aromatic nitrogens is 2. The van der Waals surface area contributed by atoms with E-state index in [0.717, 1.165) is 0 Å². The van der Waals surface area contributed by atoms with E-state index in [4.69, 9.17) is 17.3 Å². The van der Waals surface area contributed by atoms with Crippen molar-refractivity contribution in [2.75, 3.05) is 11.3 Å². The van der Waals surface area contributed by atoms with Crippen LogP contribution in [-0.4, -0.2) is 24.7 Å². The van der Waals surface area contributed by atoms with Gasteiger partial charge in [0.1, 0.15) is 4.90 Å². The number of sulfonamides is 1. The first-order valence-corrected chi connectivity index (χ1v) is 8.28. The van der Waals surface area contributed by atoms with Crippen molar-refractivity contribution in [3.63, 3.8) is 0 Å². The highest BCUT2D eigenvalue weighted by atomic mass is 79.9. The molecule has 20 heavy (non-hydrogen) atoms. The Bertz CT molecular complexity index is 717. The van der Waals surface area contributed by atoms with Crippen molar-refractivity contribution >= 4 is 43.2 Å². The average Bonchev–Trinajstić information content (AvgIpc) is 2.83. The predicted octanol–water partition coefficient (Wildman–Crippen LogP) is 2.06. The van der Waals surface area contributed by atoms with Crippen LogP contribution in [0.15, 0.2) is 40.0 Å². The highest BCUT2D eigenvalue weighted by Gasteiger charge is 2.17. The summed E-state index contributed by atoms with van der Waals surface area (Å²) in [6.45, 7) is 0.844. The summed E-state index contributed by atoms with van der Waals surface area (Å²) >= 11 is 9.16. The van der Waals surface area contributed by atoms with E-state index in [1.807, 2.05) is 0 Å². The molecule has 0 atom stereocenters. The molecule has 9 heteroatoms. The van der Waals surface area contributed by atoms with Gasteiger partial charge in [-0.05, 0) is 34.1 Å². The molecule has 0 saturated carbocycles. The summed E-state index contributed by atoms with van der Waals surface area (Å²) in [5, 5.41) is 4.35. The standard InChI is InChI=1S/C11H12BrClN4O2S/c12-10-2-1-8(5-11(10)13)16-20(18,19)9-6-15-17(7-9)4-3-14/h1-2,5-7,16H,3-4,14H2. The van der Waals surface area contributed by atoms with Gasteiger partial charge in [-0.15, -0.1) is 0 Å². The third-order valence-electron chi connectivity index (χ3n) is 2.45. The van der Waals surface area contributed by atoms with Gasteiger partial charge in [0.05, 0.1) is 23.5 Å². The van der Waals surface area contributed by atoms with Crippen molar-refractivity contribution in [2.45, 2.75) is 11.4 Å². The molecule has 1 aromatic carbocycles. The smallest absolute Gasteiger partial charge is 0.265 e. The van der Waals surface area contributed by atoms with Crippen LogP contribution >= 0.6 is 27.5 Å². The van der Waals surface area contributed by atoms with E-state index in [1.54, 1.807) is 12.1 Å². The van der Waals surface area contributed by atoms with Crippen molar-refractivity contribution in [1.29, 1.82) is 0 Å². The minimum Gasteiger partial charge on any atom is -0.329 e. The molecule has 108 valence electrons. The molecular formula is C11H12BrClN4O2S. The molecule has 0 spiro atoms. The normalized spacial score (nSPS) is 11.6. The third kappa shape index (κ3) is 3.51. The lowest BCUT2D eigenvalue weighted by Gasteiger charge is -2.07. The van der Waals surface area contributed by atoms with Crippen LogP contribution in [0.3, 0.4) is 0 Å². The van der Waals surface area contributed by atoms with Gasteiger partial charge in [-0.1, -0.05) is 11.6 Å². The van der Waals surface area contributed by atoms with E-state index in [2.05, 4.69) is 25.8 Å². The van der Waals surface area contributed by atoms with Crippen LogP contribution in [0.2, 0.25) is 5.02 Å². The number of rotatable bonds is 5. The van der Waals surface area contributed by atoms with Gasteiger partial charge in [-0.2, -0.15) is 5.10 Å². The highest BCUT2D eigenvalue weighted by Crippen LogP contribution is 2.26. The van der Waals surface area contributed by atoms with Gasteiger partial charge in [0.25, 0.3) is 10.0 Å². The van der Waals surface area contributed by atoms with Crippen molar-refractivity contribution in [1.82, 2.24) is 9.78 Å². The quantitative estimate of drug-likeness (QED) is 0.832. The van der Waals surface area contributed by atoms with E-state index in [1.165, 1.54) is 23.1 Å². The number of hydrogen-bond acceptors (Lipinski definition) is 4. The molecule has 1 aromatic heterocycles. The summed E-state index contributed by atoms with van der Waals surface area (Å²) in [7, 11) is -3.69. The topological polar surface area (TPSA) is 90.0 Å². The first-order valence-electron chi connectivity index (χ1n) is 5.63. The van der Waals surface area contributed by atoms with Crippen molar-refractivity contribution < 1.29 is 8.42 Å². The maximum atomic E-state index is 12.2. The van der Waals surface area contributed by atoms with E-state index >= 15 is 0 Å². The van der Waals surface area contributed by atoms with E-state index in [9.17, 15) is 8.42 Å². The van der Waals surface area contributed by atoms with Crippen LogP contribution in [0.25, 0.3) is 0 Å². The maximum absolute atomic E-state index is 12.2. The Hall–Kier alpha value is -1.09. The van der Waals surface area contributed by atoms with Crippen LogP contribution in [0.5, 0.6) is 0 Å². The second-order valence-corrected chi connectivity index (χ2v) is 6.91. The zero-order chi connectivity index (χ0) is 14.8. The SMILES string of the molecule is NCCn1cc(S(=O)(=O)Nc2ccc(Br)c(Cl)c2)cn1. The number of nitrogens with one attached hydrogen (secondary N) is 1. The fourth-order valence-corrected chi connectivity index (χ4v) is 2.94. The van der Waals surface area contributed by atoms with Crippen molar-refractivity contribution in [3.05, 3.63) is 40.1 Å². The first-order chi connectivity index (χ1) is 9.42. The third-order valence-corrected chi connectivity index (χ3v) is 5.02. The van der Waals surface area contributed by atoms with Gasteiger partial charge in [0, 0.05) is 17.2 Å². The van der Waals surface area contributed by atoms with Crippen LogP contribution in [0, 0.1) is 0 Å². The van der Waals surface area contributed by atoms with Crippen LogP contribution < -0.4 is 10.5 Å². The summed E-state index contributed by atoms with van der Waals surface area (Å²) in [4.78, 5) is 0.0741. The Morgan fingerprint density at radius 2 is 2.20 bits per heavy atom. The second-order valence-electron chi connectivity index (χ2n) is 3.96. The van der Waals surface area contributed by atoms with E-state index in [-0.39, 0.29) is 4.90 Å². The Morgan fingerprint density at radius 3 is 2.85 bits per heavy atom. The molecule has 0 amide bonds. The average molecular weight is 380 g/mol. The summed E-state index contributed by atoms with van der Waals surface area (Å²) in [5.41, 5.74) is 5.77. The summed E-state index contributed by atoms with van der Waals surface area (Å²) in [6, 6.07) is 4.79. The minimum absolute atomic E-state index is 0.0741. The molecule has 2 aromatic rings. The van der Waals surface area contributed by atoms with Gasteiger partial charge in [0.2, 0.25) is 0 Å². The molecule has 0 saturated heterocycles. The van der Waals surface area contributed by atoms with Crippen molar-refractivity contribution in [2.24, 2.45) is 5.73 Å². The Balaban J connectivity index is 2.23. The predicted molar refractivity (Wildman–Crippen MR) is 81.2 cm³/mol. The van der Waals surface area contributed by atoms with E-state index < -0.39 is 10.0 Å². The zero-order valence-electron chi connectivity index (χ0n) is 10.3.